The monoisotopic (exact) mass is 418 g/mol. The first-order valence-corrected chi connectivity index (χ1v) is 10.2. The molecule has 29 heavy (non-hydrogen) atoms. The number of piperidine rings is 1. The van der Waals surface area contributed by atoms with E-state index in [1.54, 1.807) is 39.1 Å². The number of pyridine rings is 1. The average molecular weight is 419 g/mol. The molecule has 1 fully saturated rings. The van der Waals surface area contributed by atoms with E-state index >= 15 is 0 Å². The minimum atomic E-state index is -1.11. The van der Waals surface area contributed by atoms with Crippen molar-refractivity contribution in [1.29, 1.82) is 0 Å². The molecule has 0 saturated carbocycles. The quantitative estimate of drug-likeness (QED) is 0.750. The smallest absolute Gasteiger partial charge is 0.410 e. The van der Waals surface area contributed by atoms with Crippen LogP contribution in [0, 0.1) is 5.41 Å². The molecule has 1 aliphatic heterocycles. The third kappa shape index (κ3) is 4.17. The van der Waals surface area contributed by atoms with E-state index in [1.807, 2.05) is 19.1 Å². The number of benzene rings is 1. The molecule has 0 bridgehead atoms. The Hall–Kier alpha value is -2.34. The number of carboxylic acid groups (broad SMARTS) is 1. The molecule has 1 aromatic carbocycles. The van der Waals surface area contributed by atoms with Crippen molar-refractivity contribution in [3.63, 3.8) is 0 Å². The van der Waals surface area contributed by atoms with Gasteiger partial charge in [-0.1, -0.05) is 24.6 Å². The lowest BCUT2D eigenvalue weighted by molar-refractivity contribution is -0.154. The fraction of sp³-hybridized carbons (Fsp3) is 0.500. The summed E-state index contributed by atoms with van der Waals surface area (Å²) in [7, 11) is 0. The van der Waals surface area contributed by atoms with Crippen molar-refractivity contribution in [3.8, 4) is 0 Å². The lowest BCUT2D eigenvalue weighted by atomic mass is 9.66. The summed E-state index contributed by atoms with van der Waals surface area (Å²) in [6.45, 7) is 7.81. The van der Waals surface area contributed by atoms with Crippen LogP contribution in [0.3, 0.4) is 0 Å². The van der Waals surface area contributed by atoms with E-state index in [-0.39, 0.29) is 12.5 Å². The van der Waals surface area contributed by atoms with E-state index in [1.165, 1.54) is 4.90 Å². The van der Waals surface area contributed by atoms with E-state index in [2.05, 4.69) is 4.98 Å². The Labute approximate surface area is 175 Å². The maximum atomic E-state index is 12.6. The van der Waals surface area contributed by atoms with Gasteiger partial charge in [0.05, 0.1) is 10.9 Å². The number of hydrogen-bond donors (Lipinski definition) is 1. The molecule has 0 spiro atoms. The second kappa shape index (κ2) is 7.82. The van der Waals surface area contributed by atoms with Gasteiger partial charge < -0.3 is 14.7 Å². The van der Waals surface area contributed by atoms with Crippen molar-refractivity contribution in [2.45, 2.75) is 52.1 Å². The van der Waals surface area contributed by atoms with Crippen LogP contribution in [-0.2, 0) is 9.53 Å². The van der Waals surface area contributed by atoms with Gasteiger partial charge in [0.15, 0.2) is 0 Å². The van der Waals surface area contributed by atoms with Gasteiger partial charge in [0.2, 0.25) is 0 Å². The molecule has 2 aromatic rings. The van der Waals surface area contributed by atoms with Crippen molar-refractivity contribution >= 4 is 34.6 Å². The summed E-state index contributed by atoms with van der Waals surface area (Å²) in [6, 6.07) is 7.35. The van der Waals surface area contributed by atoms with E-state index in [4.69, 9.17) is 16.3 Å². The highest BCUT2D eigenvalue weighted by molar-refractivity contribution is 6.31. The molecular formula is C22H27ClN2O4. The topological polar surface area (TPSA) is 79.7 Å². The molecule has 7 heteroatoms. The van der Waals surface area contributed by atoms with Crippen molar-refractivity contribution in [2.24, 2.45) is 5.41 Å². The first-order chi connectivity index (χ1) is 13.6. The molecule has 1 N–H and O–H groups in total. The number of nitrogens with zero attached hydrogens (tertiary/aromatic N) is 2. The van der Waals surface area contributed by atoms with Crippen LogP contribution in [0.2, 0.25) is 5.02 Å². The number of carbonyl (C=O) groups is 2. The SMILES string of the molecule is CCC1(C(=O)O)CN(C(=O)OC(C)(C)C)CCC1c1ccnc2cc(Cl)ccc12. The maximum Gasteiger partial charge on any atom is 0.410 e. The molecule has 1 saturated heterocycles. The number of aliphatic carboxylic acids is 1. The summed E-state index contributed by atoms with van der Waals surface area (Å²) in [6.07, 6.45) is 2.14. The fourth-order valence-corrected chi connectivity index (χ4v) is 4.37. The van der Waals surface area contributed by atoms with Crippen LogP contribution in [0.25, 0.3) is 10.9 Å². The molecule has 2 heterocycles. The Morgan fingerprint density at radius 1 is 1.34 bits per heavy atom. The Kier molecular flexibility index (Phi) is 5.77. The Balaban J connectivity index is 2.02. The third-order valence-corrected chi connectivity index (χ3v) is 5.89. The minimum Gasteiger partial charge on any atom is -0.481 e. The number of carboxylic acids is 1. The second-order valence-electron chi connectivity index (χ2n) is 8.62. The number of likely N-dealkylation sites (tertiary alicyclic amines) is 1. The van der Waals surface area contributed by atoms with Crippen LogP contribution in [0.5, 0.6) is 0 Å². The summed E-state index contributed by atoms with van der Waals surface area (Å²) in [4.78, 5) is 31.0. The summed E-state index contributed by atoms with van der Waals surface area (Å²) in [5.41, 5.74) is -0.0740. The lowest BCUT2D eigenvalue weighted by Gasteiger charge is -2.45. The first kappa shape index (κ1) is 21.4. The highest BCUT2D eigenvalue weighted by atomic mass is 35.5. The van der Waals surface area contributed by atoms with Crippen molar-refractivity contribution in [1.82, 2.24) is 9.88 Å². The summed E-state index contributed by atoms with van der Waals surface area (Å²) >= 11 is 6.11. The predicted octanol–water partition coefficient (Wildman–Crippen LogP) is 5.09. The van der Waals surface area contributed by atoms with Crippen LogP contribution < -0.4 is 0 Å². The molecule has 2 atom stereocenters. The standard InChI is InChI=1S/C22H27ClN2O4/c1-5-22(19(26)27)13-25(20(28)29-21(2,3)4)11-9-17(22)15-8-10-24-18-12-14(23)6-7-16(15)18/h6-8,10,12,17H,5,9,11,13H2,1-4H3,(H,26,27). The van der Waals surface area contributed by atoms with Gasteiger partial charge >= 0.3 is 12.1 Å². The van der Waals surface area contributed by atoms with Crippen molar-refractivity contribution in [2.75, 3.05) is 13.1 Å². The zero-order valence-electron chi connectivity index (χ0n) is 17.2. The zero-order chi connectivity index (χ0) is 21.4. The van der Waals surface area contributed by atoms with Crippen LogP contribution in [0.1, 0.15) is 52.0 Å². The van der Waals surface area contributed by atoms with E-state index in [0.29, 0.717) is 24.4 Å². The summed E-state index contributed by atoms with van der Waals surface area (Å²) in [5, 5.41) is 11.7. The molecule has 0 radical (unpaired) electrons. The van der Waals surface area contributed by atoms with Crippen LogP contribution in [0.15, 0.2) is 30.5 Å². The van der Waals surface area contributed by atoms with Gasteiger partial charge in [-0.3, -0.25) is 9.78 Å². The van der Waals surface area contributed by atoms with Gasteiger partial charge in [-0.2, -0.15) is 0 Å². The summed E-state index contributed by atoms with van der Waals surface area (Å²) < 4.78 is 5.49. The van der Waals surface area contributed by atoms with Gasteiger partial charge in [0, 0.05) is 35.6 Å². The Morgan fingerprint density at radius 2 is 2.07 bits per heavy atom. The predicted molar refractivity (Wildman–Crippen MR) is 112 cm³/mol. The number of halogens is 1. The second-order valence-corrected chi connectivity index (χ2v) is 9.06. The average Bonchev–Trinajstić information content (AvgIpc) is 2.65. The molecule has 2 unspecified atom stereocenters. The highest BCUT2D eigenvalue weighted by Crippen LogP contribution is 2.47. The number of rotatable bonds is 3. The van der Waals surface area contributed by atoms with Crippen LogP contribution in [0.4, 0.5) is 4.79 Å². The molecule has 1 aromatic heterocycles. The number of amides is 1. The number of hydrogen-bond acceptors (Lipinski definition) is 4. The van der Waals surface area contributed by atoms with Crippen molar-refractivity contribution in [3.05, 3.63) is 41.0 Å². The molecule has 1 aliphatic rings. The number of fused-ring (bicyclic) bond motifs is 1. The Morgan fingerprint density at radius 3 is 2.69 bits per heavy atom. The fourth-order valence-electron chi connectivity index (χ4n) is 4.20. The van der Waals surface area contributed by atoms with E-state index in [9.17, 15) is 14.7 Å². The van der Waals surface area contributed by atoms with Gasteiger partial charge in [-0.05, 0) is 57.4 Å². The number of aromatic nitrogens is 1. The van der Waals surface area contributed by atoms with Crippen LogP contribution >= 0.6 is 11.6 Å². The number of carbonyl (C=O) groups excluding carboxylic acids is 1. The van der Waals surface area contributed by atoms with Crippen LogP contribution in [-0.4, -0.2) is 45.7 Å². The van der Waals surface area contributed by atoms with Gasteiger partial charge in [0.1, 0.15) is 5.60 Å². The van der Waals surface area contributed by atoms with E-state index in [0.717, 1.165) is 16.5 Å². The highest BCUT2D eigenvalue weighted by Gasteiger charge is 2.50. The zero-order valence-corrected chi connectivity index (χ0v) is 18.0. The lowest BCUT2D eigenvalue weighted by Crippen LogP contribution is -2.54. The third-order valence-electron chi connectivity index (χ3n) is 5.65. The summed E-state index contributed by atoms with van der Waals surface area (Å²) in [5.74, 6) is -1.16. The normalized spacial score (nSPS) is 22.5. The van der Waals surface area contributed by atoms with Gasteiger partial charge in [0.25, 0.3) is 0 Å². The Bertz CT molecular complexity index is 940. The largest absolute Gasteiger partial charge is 0.481 e. The molecule has 6 nitrogen and oxygen atoms in total. The van der Waals surface area contributed by atoms with E-state index < -0.39 is 23.1 Å². The molecule has 0 aliphatic carbocycles. The molecule has 1 amide bonds. The number of ether oxygens (including phenoxy) is 1. The van der Waals surface area contributed by atoms with Gasteiger partial charge in [-0.25, -0.2) is 4.79 Å². The van der Waals surface area contributed by atoms with Crippen molar-refractivity contribution < 1.29 is 19.4 Å². The molecule has 156 valence electrons. The molecular weight excluding hydrogens is 392 g/mol. The molecule has 3 rings (SSSR count). The van der Waals surface area contributed by atoms with Gasteiger partial charge in [-0.15, -0.1) is 0 Å². The first-order valence-electron chi connectivity index (χ1n) is 9.83. The minimum absolute atomic E-state index is 0.107. The maximum absolute atomic E-state index is 12.6.